The van der Waals surface area contributed by atoms with Gasteiger partial charge < -0.3 is 10.2 Å². The van der Waals surface area contributed by atoms with E-state index in [2.05, 4.69) is 43.2 Å². The van der Waals surface area contributed by atoms with Crippen molar-refractivity contribution in [1.29, 1.82) is 0 Å². The first-order chi connectivity index (χ1) is 13.9. The number of benzene rings is 1. The molecule has 1 fully saturated rings. The second-order valence-electron chi connectivity index (χ2n) is 7.04. The van der Waals surface area contributed by atoms with Crippen LogP contribution in [-0.2, 0) is 16.1 Å². The van der Waals surface area contributed by atoms with Gasteiger partial charge in [-0.3, -0.25) is 19.4 Å². The Balaban J connectivity index is 1.39. The predicted molar refractivity (Wildman–Crippen MR) is 121 cm³/mol. The monoisotopic (exact) mass is 498 g/mol. The summed E-state index contributed by atoms with van der Waals surface area (Å²) in [5, 5.41) is 3.22. The smallest absolute Gasteiger partial charge is 0.244 e. The first-order valence-corrected chi connectivity index (χ1v) is 11.4. The van der Waals surface area contributed by atoms with Crippen molar-refractivity contribution in [3.63, 3.8) is 0 Å². The molecule has 29 heavy (non-hydrogen) atoms. The highest BCUT2D eigenvalue weighted by atomic mass is 79.9. The van der Waals surface area contributed by atoms with E-state index in [-0.39, 0.29) is 18.4 Å². The molecule has 1 aliphatic rings. The van der Waals surface area contributed by atoms with Gasteiger partial charge in [0.15, 0.2) is 0 Å². The number of nitrogens with zero attached hydrogens (tertiary/aromatic N) is 3. The van der Waals surface area contributed by atoms with E-state index in [1.165, 1.54) is 9.78 Å². The fourth-order valence-electron chi connectivity index (χ4n) is 3.13. The van der Waals surface area contributed by atoms with Crippen LogP contribution in [0.15, 0.2) is 40.2 Å². The molecule has 2 amide bonds. The Bertz CT molecular complexity index is 855. The second kappa shape index (κ2) is 10.5. The minimum atomic E-state index is -0.263. The third-order valence-electron chi connectivity index (χ3n) is 4.79. The van der Waals surface area contributed by atoms with Crippen molar-refractivity contribution in [1.82, 2.24) is 14.7 Å². The standard InChI is InChI=1S/C20H24BrClN4O2S/c1-24(13-19(27)23-17-5-3-2-4-16(17)22)20(28)14-26-10-8-25(9-11-26)12-15-6-7-18(21)29-15/h2-7H,8-14H2,1H3,(H,23,27). The number of hydrogen-bond donors (Lipinski definition) is 1. The normalized spacial score (nSPS) is 15.3. The highest BCUT2D eigenvalue weighted by molar-refractivity contribution is 9.11. The van der Waals surface area contributed by atoms with Crippen LogP contribution in [0.2, 0.25) is 5.02 Å². The maximum atomic E-state index is 12.5. The van der Waals surface area contributed by atoms with Crippen LogP contribution in [0.4, 0.5) is 5.69 Å². The average molecular weight is 500 g/mol. The maximum Gasteiger partial charge on any atom is 0.244 e. The Morgan fingerprint density at radius 3 is 2.48 bits per heavy atom. The zero-order valence-corrected chi connectivity index (χ0v) is 19.4. The van der Waals surface area contributed by atoms with E-state index in [4.69, 9.17) is 11.6 Å². The van der Waals surface area contributed by atoms with Crippen molar-refractivity contribution in [2.45, 2.75) is 6.54 Å². The summed E-state index contributed by atoms with van der Waals surface area (Å²) in [6.45, 7) is 4.82. The van der Waals surface area contributed by atoms with Gasteiger partial charge in [0.2, 0.25) is 11.8 Å². The van der Waals surface area contributed by atoms with Gasteiger partial charge >= 0.3 is 0 Å². The van der Waals surface area contributed by atoms with Crippen LogP contribution < -0.4 is 5.32 Å². The number of rotatable bonds is 7. The van der Waals surface area contributed by atoms with Crippen LogP contribution in [0.1, 0.15) is 4.88 Å². The lowest BCUT2D eigenvalue weighted by atomic mass is 10.3. The number of para-hydroxylation sites is 1. The number of carbonyl (C=O) groups excluding carboxylic acids is 2. The van der Waals surface area contributed by atoms with Crippen LogP contribution in [0.25, 0.3) is 0 Å². The first kappa shape index (κ1) is 22.2. The number of piperazine rings is 1. The van der Waals surface area contributed by atoms with Crippen LogP contribution >= 0.6 is 38.9 Å². The molecule has 156 valence electrons. The summed E-state index contributed by atoms with van der Waals surface area (Å²) in [5.41, 5.74) is 0.550. The Kier molecular flexibility index (Phi) is 8.08. The van der Waals surface area contributed by atoms with Crippen LogP contribution in [0, 0.1) is 0 Å². The quantitative estimate of drug-likeness (QED) is 0.635. The lowest BCUT2D eigenvalue weighted by Gasteiger charge is -2.34. The van der Waals surface area contributed by atoms with Crippen molar-refractivity contribution in [2.75, 3.05) is 51.6 Å². The van der Waals surface area contributed by atoms with Gasteiger partial charge in [-0.1, -0.05) is 23.7 Å². The van der Waals surface area contributed by atoms with E-state index in [0.717, 1.165) is 36.5 Å². The van der Waals surface area contributed by atoms with E-state index in [9.17, 15) is 9.59 Å². The molecular formula is C20H24BrClN4O2S. The van der Waals surface area contributed by atoms with E-state index in [1.807, 2.05) is 0 Å². The Hall–Kier alpha value is -1.45. The van der Waals surface area contributed by atoms with Gasteiger partial charge in [0, 0.05) is 44.6 Å². The number of carbonyl (C=O) groups is 2. The second-order valence-corrected chi connectivity index (χ2v) is 9.99. The molecule has 0 spiro atoms. The molecule has 0 radical (unpaired) electrons. The SMILES string of the molecule is CN(CC(=O)Nc1ccccc1Cl)C(=O)CN1CCN(Cc2ccc(Br)s2)CC1. The van der Waals surface area contributed by atoms with Crippen molar-refractivity contribution in [2.24, 2.45) is 0 Å². The molecule has 1 aromatic heterocycles. The number of amides is 2. The topological polar surface area (TPSA) is 55.9 Å². The summed E-state index contributed by atoms with van der Waals surface area (Å²) in [6.07, 6.45) is 0. The molecule has 0 unspecified atom stereocenters. The average Bonchev–Trinajstić information content (AvgIpc) is 3.09. The molecule has 9 heteroatoms. The van der Waals surface area contributed by atoms with Crippen molar-refractivity contribution in [3.8, 4) is 0 Å². The van der Waals surface area contributed by atoms with Gasteiger partial charge in [-0.25, -0.2) is 0 Å². The van der Waals surface area contributed by atoms with E-state index >= 15 is 0 Å². The third-order valence-corrected chi connectivity index (χ3v) is 6.72. The van der Waals surface area contributed by atoms with Gasteiger partial charge in [-0.2, -0.15) is 0 Å². The largest absolute Gasteiger partial charge is 0.335 e. The Morgan fingerprint density at radius 2 is 1.83 bits per heavy atom. The molecule has 1 N–H and O–H groups in total. The van der Waals surface area contributed by atoms with Crippen LogP contribution in [0.3, 0.4) is 0 Å². The summed E-state index contributed by atoms with van der Waals surface area (Å²) >= 11 is 11.3. The number of hydrogen-bond acceptors (Lipinski definition) is 5. The first-order valence-electron chi connectivity index (χ1n) is 9.38. The van der Waals surface area contributed by atoms with Gasteiger partial charge in [0.1, 0.15) is 0 Å². The third kappa shape index (κ3) is 6.79. The molecule has 0 saturated carbocycles. The predicted octanol–water partition coefficient (Wildman–Crippen LogP) is 3.38. The molecule has 0 aliphatic carbocycles. The lowest BCUT2D eigenvalue weighted by Crippen LogP contribution is -2.49. The summed E-state index contributed by atoms with van der Waals surface area (Å²) in [4.78, 5) is 32.1. The van der Waals surface area contributed by atoms with Gasteiger partial charge in [0.25, 0.3) is 0 Å². The fraction of sp³-hybridized carbons (Fsp3) is 0.400. The highest BCUT2D eigenvalue weighted by Gasteiger charge is 2.22. The fourth-order valence-corrected chi connectivity index (χ4v) is 4.84. The molecule has 1 saturated heterocycles. The Labute approximate surface area is 188 Å². The molecular weight excluding hydrogens is 476 g/mol. The van der Waals surface area contributed by atoms with Crippen molar-refractivity contribution < 1.29 is 9.59 Å². The van der Waals surface area contributed by atoms with Crippen LogP contribution in [0.5, 0.6) is 0 Å². The minimum Gasteiger partial charge on any atom is -0.335 e. The number of thiophene rings is 1. The molecule has 6 nitrogen and oxygen atoms in total. The van der Waals surface area contributed by atoms with E-state index < -0.39 is 0 Å². The summed E-state index contributed by atoms with van der Waals surface area (Å²) in [7, 11) is 1.65. The molecule has 2 aromatic rings. The maximum absolute atomic E-state index is 12.5. The lowest BCUT2D eigenvalue weighted by molar-refractivity contribution is -0.134. The molecule has 0 atom stereocenters. The number of anilines is 1. The number of nitrogens with one attached hydrogen (secondary N) is 1. The number of likely N-dealkylation sites (N-methyl/N-ethyl adjacent to an activating group) is 1. The van der Waals surface area contributed by atoms with Gasteiger partial charge in [-0.15, -0.1) is 11.3 Å². The Morgan fingerprint density at radius 1 is 1.14 bits per heavy atom. The summed E-state index contributed by atoms with van der Waals surface area (Å²) < 4.78 is 1.15. The van der Waals surface area contributed by atoms with Gasteiger partial charge in [-0.05, 0) is 40.2 Å². The van der Waals surface area contributed by atoms with Crippen molar-refractivity contribution in [3.05, 3.63) is 50.1 Å². The number of halogens is 2. The van der Waals surface area contributed by atoms with Crippen LogP contribution in [-0.4, -0.2) is 72.8 Å². The van der Waals surface area contributed by atoms with E-state index in [1.54, 1.807) is 42.6 Å². The molecule has 1 aliphatic heterocycles. The minimum absolute atomic E-state index is 0.00270. The molecule has 2 heterocycles. The molecule has 1 aromatic carbocycles. The molecule has 3 rings (SSSR count). The summed E-state index contributed by atoms with van der Waals surface area (Å²) in [5.74, 6) is -0.323. The highest BCUT2D eigenvalue weighted by Crippen LogP contribution is 2.23. The van der Waals surface area contributed by atoms with Crippen molar-refractivity contribution >= 4 is 56.4 Å². The zero-order valence-electron chi connectivity index (χ0n) is 16.2. The van der Waals surface area contributed by atoms with E-state index in [0.29, 0.717) is 17.3 Å². The summed E-state index contributed by atoms with van der Waals surface area (Å²) in [6, 6.07) is 11.3. The van der Waals surface area contributed by atoms with Gasteiger partial charge in [0.05, 0.1) is 27.6 Å². The molecule has 0 bridgehead atoms. The zero-order chi connectivity index (χ0) is 20.8.